The molecule has 0 spiro atoms. The molecule has 1 atom stereocenters. The molecule has 1 aromatic rings. The van der Waals surface area contributed by atoms with Gasteiger partial charge in [-0.3, -0.25) is 4.79 Å². The maximum absolute atomic E-state index is 11.6. The molecule has 0 aliphatic heterocycles. The predicted molar refractivity (Wildman–Crippen MR) is 70.5 cm³/mol. The lowest BCUT2D eigenvalue weighted by Gasteiger charge is -2.12. The summed E-state index contributed by atoms with van der Waals surface area (Å²) in [6.07, 6.45) is 0.639. The fraction of sp³-hybridized carbons (Fsp3) is 0.417. The topological polar surface area (TPSA) is 55.1 Å². The molecule has 16 heavy (non-hydrogen) atoms. The zero-order valence-electron chi connectivity index (χ0n) is 9.80. The quantitative estimate of drug-likeness (QED) is 0.897. The number of anilines is 1. The van der Waals surface area contributed by atoms with Crippen LogP contribution in [0.3, 0.4) is 0 Å². The van der Waals surface area contributed by atoms with Crippen LogP contribution in [-0.2, 0) is 4.79 Å². The van der Waals surface area contributed by atoms with Gasteiger partial charge in [0.15, 0.2) is 0 Å². The van der Waals surface area contributed by atoms with Gasteiger partial charge in [0, 0.05) is 10.2 Å². The van der Waals surface area contributed by atoms with E-state index >= 15 is 0 Å². The van der Waals surface area contributed by atoms with Crippen molar-refractivity contribution in [2.24, 2.45) is 5.73 Å². The van der Waals surface area contributed by atoms with E-state index < -0.39 is 6.04 Å². The maximum atomic E-state index is 11.6. The maximum Gasteiger partial charge on any atom is 0.241 e. The second kappa shape index (κ2) is 5.46. The molecule has 1 rings (SSSR count). The Hall–Kier alpha value is -0.870. The standard InChI is InChI=1S/C12H17BrN2O/c1-4-10(14)12(16)15-9-5-7(2)11(13)8(3)6-9/h5-6,10H,4,14H2,1-3H3,(H,15,16)/t10-/m1/s1. The second-order valence-corrected chi connectivity index (χ2v) is 4.72. The van der Waals surface area contributed by atoms with E-state index in [-0.39, 0.29) is 5.91 Å². The van der Waals surface area contributed by atoms with E-state index in [9.17, 15) is 4.79 Å². The lowest BCUT2D eigenvalue weighted by atomic mass is 10.1. The van der Waals surface area contributed by atoms with Gasteiger partial charge in [-0.05, 0) is 43.5 Å². The largest absolute Gasteiger partial charge is 0.325 e. The minimum absolute atomic E-state index is 0.136. The highest BCUT2D eigenvalue weighted by atomic mass is 79.9. The van der Waals surface area contributed by atoms with Crippen LogP contribution in [0.4, 0.5) is 5.69 Å². The summed E-state index contributed by atoms with van der Waals surface area (Å²) in [5.41, 5.74) is 8.64. The molecule has 0 bridgehead atoms. The Labute approximate surface area is 105 Å². The third kappa shape index (κ3) is 3.06. The van der Waals surface area contributed by atoms with Gasteiger partial charge in [0.2, 0.25) is 5.91 Å². The molecule has 0 aliphatic rings. The summed E-state index contributed by atoms with van der Waals surface area (Å²) in [5, 5.41) is 2.82. The number of hydrogen-bond donors (Lipinski definition) is 2. The Bertz CT molecular complexity index is 381. The molecule has 0 fully saturated rings. The fourth-order valence-electron chi connectivity index (χ4n) is 1.44. The molecule has 3 nitrogen and oxygen atoms in total. The lowest BCUT2D eigenvalue weighted by molar-refractivity contribution is -0.117. The fourth-order valence-corrected chi connectivity index (χ4v) is 1.67. The molecule has 0 heterocycles. The molecule has 0 unspecified atom stereocenters. The Morgan fingerprint density at radius 1 is 1.44 bits per heavy atom. The normalized spacial score (nSPS) is 12.3. The number of nitrogens with one attached hydrogen (secondary N) is 1. The molecule has 1 amide bonds. The molecule has 0 radical (unpaired) electrons. The summed E-state index contributed by atoms with van der Waals surface area (Å²) in [6, 6.07) is 3.42. The summed E-state index contributed by atoms with van der Waals surface area (Å²) < 4.78 is 1.07. The van der Waals surface area contributed by atoms with Crippen molar-refractivity contribution in [1.29, 1.82) is 0 Å². The number of benzene rings is 1. The van der Waals surface area contributed by atoms with Crippen molar-refractivity contribution < 1.29 is 4.79 Å². The van der Waals surface area contributed by atoms with Crippen LogP contribution in [0, 0.1) is 13.8 Å². The SMILES string of the molecule is CC[C@@H](N)C(=O)Nc1cc(C)c(Br)c(C)c1. The van der Waals surface area contributed by atoms with Crippen molar-refractivity contribution >= 4 is 27.5 Å². The molecule has 0 aliphatic carbocycles. The first kappa shape index (κ1) is 13.2. The van der Waals surface area contributed by atoms with Crippen LogP contribution in [0.25, 0.3) is 0 Å². The van der Waals surface area contributed by atoms with Crippen molar-refractivity contribution in [1.82, 2.24) is 0 Å². The Balaban J connectivity index is 2.87. The number of hydrogen-bond acceptors (Lipinski definition) is 2. The number of carbonyl (C=O) groups excluding carboxylic acids is 1. The van der Waals surface area contributed by atoms with Crippen LogP contribution in [0.5, 0.6) is 0 Å². The van der Waals surface area contributed by atoms with Crippen LogP contribution < -0.4 is 11.1 Å². The average molecular weight is 285 g/mol. The first-order chi connectivity index (χ1) is 7.45. The van der Waals surface area contributed by atoms with E-state index in [0.29, 0.717) is 6.42 Å². The smallest absolute Gasteiger partial charge is 0.241 e. The van der Waals surface area contributed by atoms with Crippen LogP contribution >= 0.6 is 15.9 Å². The zero-order chi connectivity index (χ0) is 12.3. The summed E-state index contributed by atoms with van der Waals surface area (Å²) in [7, 11) is 0. The first-order valence-electron chi connectivity index (χ1n) is 5.29. The van der Waals surface area contributed by atoms with Crippen molar-refractivity contribution in [3.63, 3.8) is 0 Å². The van der Waals surface area contributed by atoms with E-state index in [1.165, 1.54) is 0 Å². The van der Waals surface area contributed by atoms with E-state index in [0.717, 1.165) is 21.3 Å². The van der Waals surface area contributed by atoms with Gasteiger partial charge in [0.25, 0.3) is 0 Å². The molecule has 0 aromatic heterocycles. The van der Waals surface area contributed by atoms with Gasteiger partial charge in [-0.2, -0.15) is 0 Å². The second-order valence-electron chi connectivity index (χ2n) is 3.93. The van der Waals surface area contributed by atoms with Gasteiger partial charge < -0.3 is 11.1 Å². The van der Waals surface area contributed by atoms with Gasteiger partial charge in [-0.1, -0.05) is 22.9 Å². The number of rotatable bonds is 3. The van der Waals surface area contributed by atoms with Gasteiger partial charge in [0.05, 0.1) is 6.04 Å². The van der Waals surface area contributed by atoms with Gasteiger partial charge in [-0.25, -0.2) is 0 Å². The van der Waals surface area contributed by atoms with Gasteiger partial charge in [0.1, 0.15) is 0 Å². The molecule has 3 N–H and O–H groups in total. The Kier molecular flexibility index (Phi) is 4.50. The van der Waals surface area contributed by atoms with Crippen molar-refractivity contribution in [3.05, 3.63) is 27.7 Å². The third-order valence-corrected chi connectivity index (χ3v) is 3.73. The van der Waals surface area contributed by atoms with E-state index in [2.05, 4.69) is 21.2 Å². The molecular formula is C12H17BrN2O. The zero-order valence-corrected chi connectivity index (χ0v) is 11.4. The summed E-state index contributed by atoms with van der Waals surface area (Å²) >= 11 is 3.48. The first-order valence-corrected chi connectivity index (χ1v) is 6.08. The van der Waals surface area contributed by atoms with E-state index in [4.69, 9.17) is 5.73 Å². The molecular weight excluding hydrogens is 268 g/mol. The highest BCUT2D eigenvalue weighted by molar-refractivity contribution is 9.10. The number of amides is 1. The number of carbonyl (C=O) groups is 1. The minimum Gasteiger partial charge on any atom is -0.325 e. The molecule has 4 heteroatoms. The molecule has 88 valence electrons. The summed E-state index contributed by atoms with van der Waals surface area (Å²) in [6.45, 7) is 5.88. The van der Waals surface area contributed by atoms with Crippen molar-refractivity contribution in [2.45, 2.75) is 33.2 Å². The summed E-state index contributed by atoms with van der Waals surface area (Å²) in [5.74, 6) is -0.136. The average Bonchev–Trinajstić information content (AvgIpc) is 2.24. The van der Waals surface area contributed by atoms with Crippen LogP contribution in [-0.4, -0.2) is 11.9 Å². The Morgan fingerprint density at radius 2 is 1.94 bits per heavy atom. The van der Waals surface area contributed by atoms with Crippen molar-refractivity contribution in [2.75, 3.05) is 5.32 Å². The third-order valence-electron chi connectivity index (χ3n) is 2.48. The number of halogens is 1. The number of aryl methyl sites for hydroxylation is 2. The van der Waals surface area contributed by atoms with E-state index in [1.54, 1.807) is 0 Å². The lowest BCUT2D eigenvalue weighted by Crippen LogP contribution is -2.34. The molecule has 1 aromatic carbocycles. The van der Waals surface area contributed by atoms with Gasteiger partial charge >= 0.3 is 0 Å². The predicted octanol–water partition coefficient (Wildman–Crippen LogP) is 2.74. The van der Waals surface area contributed by atoms with Crippen LogP contribution in [0.1, 0.15) is 24.5 Å². The van der Waals surface area contributed by atoms with Crippen LogP contribution in [0.2, 0.25) is 0 Å². The monoisotopic (exact) mass is 284 g/mol. The van der Waals surface area contributed by atoms with Crippen molar-refractivity contribution in [3.8, 4) is 0 Å². The highest BCUT2D eigenvalue weighted by Gasteiger charge is 2.11. The highest BCUT2D eigenvalue weighted by Crippen LogP contribution is 2.25. The molecule has 0 saturated carbocycles. The van der Waals surface area contributed by atoms with Crippen LogP contribution in [0.15, 0.2) is 16.6 Å². The van der Waals surface area contributed by atoms with E-state index in [1.807, 2.05) is 32.9 Å². The summed E-state index contributed by atoms with van der Waals surface area (Å²) in [4.78, 5) is 11.6. The number of nitrogens with two attached hydrogens (primary N) is 1. The minimum atomic E-state index is -0.441. The molecule has 0 saturated heterocycles. The van der Waals surface area contributed by atoms with Gasteiger partial charge in [-0.15, -0.1) is 0 Å². The Morgan fingerprint density at radius 3 is 2.38 bits per heavy atom.